The predicted octanol–water partition coefficient (Wildman–Crippen LogP) is 8.09. The molecule has 6 aromatic rings. The minimum atomic E-state index is 0.487. The molecule has 190 valence electrons. The summed E-state index contributed by atoms with van der Waals surface area (Å²) in [5.74, 6) is 3.86. The highest BCUT2D eigenvalue weighted by Crippen LogP contribution is 2.43. The summed E-state index contributed by atoms with van der Waals surface area (Å²) in [5.41, 5.74) is 5.12. The predicted molar refractivity (Wildman–Crippen MR) is 154 cm³/mol. The molecule has 2 aliphatic carbocycles. The third-order valence-corrected chi connectivity index (χ3v) is 8.32. The van der Waals surface area contributed by atoms with Gasteiger partial charge >= 0.3 is 0 Å². The molecule has 2 bridgehead atoms. The smallest absolute Gasteiger partial charge is 0.248 e. The van der Waals surface area contributed by atoms with Crippen LogP contribution in [0.5, 0.6) is 5.75 Å². The molecular formula is C34H27N3O2. The Kier molecular flexibility index (Phi) is 5.15. The summed E-state index contributed by atoms with van der Waals surface area (Å²) in [7, 11) is 0. The van der Waals surface area contributed by atoms with Crippen molar-refractivity contribution in [2.75, 3.05) is 6.61 Å². The molecule has 5 heteroatoms. The van der Waals surface area contributed by atoms with Crippen molar-refractivity contribution >= 4 is 21.8 Å². The molecule has 39 heavy (non-hydrogen) atoms. The van der Waals surface area contributed by atoms with Crippen molar-refractivity contribution in [2.24, 2.45) is 17.8 Å². The number of fused-ring (bicyclic) bond motifs is 5. The molecule has 1 saturated carbocycles. The number of benzene rings is 4. The van der Waals surface area contributed by atoms with Crippen LogP contribution in [0.2, 0.25) is 0 Å². The van der Waals surface area contributed by atoms with E-state index < -0.39 is 0 Å². The molecule has 0 amide bonds. The number of ether oxygens (including phenoxy) is 1. The van der Waals surface area contributed by atoms with Gasteiger partial charge in [-0.15, -0.1) is 10.2 Å². The van der Waals surface area contributed by atoms with Gasteiger partial charge in [-0.05, 0) is 79.1 Å². The van der Waals surface area contributed by atoms with Crippen LogP contribution < -0.4 is 4.74 Å². The summed E-state index contributed by atoms with van der Waals surface area (Å²) in [6.07, 6.45) is 7.26. The normalized spacial score (nSPS) is 19.8. The van der Waals surface area contributed by atoms with Gasteiger partial charge < -0.3 is 13.7 Å². The average Bonchev–Trinajstić information content (AvgIpc) is 3.79. The van der Waals surface area contributed by atoms with Crippen LogP contribution in [0.1, 0.15) is 12.8 Å². The largest absolute Gasteiger partial charge is 0.493 e. The van der Waals surface area contributed by atoms with Crippen molar-refractivity contribution in [3.63, 3.8) is 0 Å². The van der Waals surface area contributed by atoms with Gasteiger partial charge in [0.25, 0.3) is 0 Å². The van der Waals surface area contributed by atoms with Crippen LogP contribution in [-0.2, 0) is 0 Å². The zero-order valence-corrected chi connectivity index (χ0v) is 21.4. The number of aromatic nitrogens is 3. The molecule has 2 aromatic heterocycles. The molecule has 1 fully saturated rings. The Morgan fingerprint density at radius 1 is 0.718 bits per heavy atom. The van der Waals surface area contributed by atoms with E-state index in [9.17, 15) is 0 Å². The SMILES string of the molecule is C1=CC2CC1CC2COc1cccc(-c2nnc(-c3cccc(-n4c5ccccc5c5ccccc54)c3)o2)c1. The first-order valence-corrected chi connectivity index (χ1v) is 13.6. The highest BCUT2D eigenvalue weighted by atomic mass is 16.5. The Balaban J connectivity index is 1.09. The monoisotopic (exact) mass is 509 g/mol. The summed E-state index contributed by atoms with van der Waals surface area (Å²) in [5, 5.41) is 11.2. The van der Waals surface area contributed by atoms with Gasteiger partial charge in [0.1, 0.15) is 5.75 Å². The van der Waals surface area contributed by atoms with Gasteiger partial charge in [0.05, 0.1) is 17.6 Å². The van der Waals surface area contributed by atoms with Crippen LogP contribution >= 0.6 is 0 Å². The maximum absolute atomic E-state index is 6.20. The second-order valence-corrected chi connectivity index (χ2v) is 10.7. The Hall–Kier alpha value is -4.64. The van der Waals surface area contributed by atoms with Crippen molar-refractivity contribution in [1.82, 2.24) is 14.8 Å². The van der Waals surface area contributed by atoms with Crippen LogP contribution in [-0.4, -0.2) is 21.4 Å². The average molecular weight is 510 g/mol. The molecule has 5 nitrogen and oxygen atoms in total. The maximum Gasteiger partial charge on any atom is 0.248 e. The van der Waals surface area contributed by atoms with Crippen LogP contribution in [0.4, 0.5) is 0 Å². The third kappa shape index (κ3) is 3.85. The molecule has 3 atom stereocenters. The van der Waals surface area contributed by atoms with Crippen molar-refractivity contribution < 1.29 is 9.15 Å². The Bertz CT molecular complexity index is 1810. The van der Waals surface area contributed by atoms with E-state index in [1.165, 1.54) is 34.6 Å². The highest BCUT2D eigenvalue weighted by Gasteiger charge is 2.35. The van der Waals surface area contributed by atoms with Crippen molar-refractivity contribution in [3.8, 4) is 34.3 Å². The summed E-state index contributed by atoms with van der Waals surface area (Å²) < 4.78 is 14.7. The molecule has 0 saturated heterocycles. The standard InChI is InChI=1S/C34H27N3O2/c1-3-13-31-29(11-1)30-12-2-4-14-32(30)37(31)27-9-5-7-24(19-27)33-35-36-34(39-33)25-8-6-10-28(20-25)38-21-26-18-22-15-16-23(26)17-22/h1-16,19-20,22-23,26H,17-18,21H2. The summed E-state index contributed by atoms with van der Waals surface area (Å²) in [6, 6.07) is 33.3. The van der Waals surface area contributed by atoms with Crippen LogP contribution in [0, 0.1) is 17.8 Å². The molecule has 0 radical (unpaired) electrons. The molecule has 0 spiro atoms. The number of allylic oxidation sites excluding steroid dienone is 2. The number of para-hydroxylation sites is 2. The van der Waals surface area contributed by atoms with Gasteiger partial charge in [0.15, 0.2) is 0 Å². The van der Waals surface area contributed by atoms with E-state index >= 15 is 0 Å². The lowest BCUT2D eigenvalue weighted by Crippen LogP contribution is -2.16. The Morgan fingerprint density at radius 3 is 2.10 bits per heavy atom. The number of rotatable bonds is 6. The lowest BCUT2D eigenvalue weighted by atomic mass is 9.95. The van der Waals surface area contributed by atoms with Gasteiger partial charge in [0.2, 0.25) is 11.8 Å². The lowest BCUT2D eigenvalue weighted by molar-refractivity contribution is 0.228. The van der Waals surface area contributed by atoms with E-state index in [0.717, 1.165) is 35.1 Å². The van der Waals surface area contributed by atoms with E-state index in [4.69, 9.17) is 9.15 Å². The summed E-state index contributed by atoms with van der Waals surface area (Å²) in [6.45, 7) is 0.750. The fraction of sp³-hybridized carbons (Fsp3) is 0.176. The Morgan fingerprint density at radius 2 is 1.41 bits per heavy atom. The number of hydrogen-bond donors (Lipinski definition) is 0. The van der Waals surface area contributed by atoms with Crippen molar-refractivity contribution in [2.45, 2.75) is 12.8 Å². The van der Waals surface area contributed by atoms with Crippen LogP contribution in [0.15, 0.2) is 114 Å². The minimum Gasteiger partial charge on any atom is -0.493 e. The van der Waals surface area contributed by atoms with Gasteiger partial charge in [-0.2, -0.15) is 0 Å². The first-order chi connectivity index (χ1) is 19.3. The van der Waals surface area contributed by atoms with Crippen LogP contribution in [0.25, 0.3) is 50.4 Å². The van der Waals surface area contributed by atoms with Gasteiger partial charge in [-0.25, -0.2) is 0 Å². The molecule has 8 rings (SSSR count). The molecule has 2 heterocycles. The molecule has 0 aliphatic heterocycles. The quantitative estimate of drug-likeness (QED) is 0.213. The summed E-state index contributed by atoms with van der Waals surface area (Å²) in [4.78, 5) is 0. The molecular weight excluding hydrogens is 482 g/mol. The van der Waals surface area contributed by atoms with E-state index in [-0.39, 0.29) is 0 Å². The number of nitrogens with zero attached hydrogens (tertiary/aromatic N) is 3. The molecule has 2 aliphatic rings. The van der Waals surface area contributed by atoms with Crippen molar-refractivity contribution in [1.29, 1.82) is 0 Å². The van der Waals surface area contributed by atoms with E-state index in [2.05, 4.69) is 87.6 Å². The zero-order chi connectivity index (χ0) is 25.8. The van der Waals surface area contributed by atoms with E-state index in [1.54, 1.807) is 0 Å². The first kappa shape index (κ1) is 22.4. The van der Waals surface area contributed by atoms with Crippen LogP contribution in [0.3, 0.4) is 0 Å². The molecule has 0 N–H and O–H groups in total. The minimum absolute atomic E-state index is 0.487. The molecule has 4 aromatic carbocycles. The number of hydrogen-bond acceptors (Lipinski definition) is 4. The second kappa shape index (κ2) is 8.98. The zero-order valence-electron chi connectivity index (χ0n) is 21.4. The van der Waals surface area contributed by atoms with E-state index in [1.807, 2.05) is 36.4 Å². The first-order valence-electron chi connectivity index (χ1n) is 13.6. The maximum atomic E-state index is 6.20. The van der Waals surface area contributed by atoms with Gasteiger partial charge in [-0.3, -0.25) is 0 Å². The fourth-order valence-electron chi connectivity index (χ4n) is 6.44. The Labute approximate surface area is 226 Å². The topological polar surface area (TPSA) is 53.1 Å². The van der Waals surface area contributed by atoms with Gasteiger partial charge in [0, 0.05) is 27.6 Å². The fourth-order valence-corrected chi connectivity index (χ4v) is 6.44. The lowest BCUT2D eigenvalue weighted by Gasteiger charge is -2.18. The summed E-state index contributed by atoms with van der Waals surface area (Å²) >= 11 is 0. The van der Waals surface area contributed by atoms with E-state index in [0.29, 0.717) is 23.6 Å². The molecule has 3 unspecified atom stereocenters. The van der Waals surface area contributed by atoms with Crippen molar-refractivity contribution in [3.05, 3.63) is 109 Å². The van der Waals surface area contributed by atoms with Gasteiger partial charge in [-0.1, -0.05) is 60.7 Å². The highest BCUT2D eigenvalue weighted by molar-refractivity contribution is 6.09. The second-order valence-electron chi connectivity index (χ2n) is 10.7. The third-order valence-electron chi connectivity index (χ3n) is 8.32.